The maximum absolute atomic E-state index is 15.7. The molecule has 3 aromatic rings. The third-order valence-corrected chi connectivity index (χ3v) is 7.96. The molecule has 0 saturated heterocycles. The zero-order valence-corrected chi connectivity index (χ0v) is 23.4. The first-order valence-electron chi connectivity index (χ1n) is 13.3. The number of fused-ring (bicyclic) bond motifs is 4. The summed E-state index contributed by atoms with van der Waals surface area (Å²) in [5.41, 5.74) is 0.298. The van der Waals surface area contributed by atoms with Crippen LogP contribution in [0.15, 0.2) is 35.3 Å². The molecule has 0 spiro atoms. The lowest BCUT2D eigenvalue weighted by Gasteiger charge is -2.33. The number of nitrogens with one attached hydrogen (secondary N) is 1. The summed E-state index contributed by atoms with van der Waals surface area (Å²) in [6, 6.07) is 6.77. The number of rotatable bonds is 2. The van der Waals surface area contributed by atoms with E-state index in [0.717, 1.165) is 16.7 Å². The Kier molecular flexibility index (Phi) is 5.73. The highest BCUT2D eigenvalue weighted by molar-refractivity contribution is 6.00. The minimum atomic E-state index is -2.19. The van der Waals surface area contributed by atoms with Crippen LogP contribution < -0.4 is 20.6 Å². The second-order valence-electron chi connectivity index (χ2n) is 12.3. The minimum absolute atomic E-state index is 0.0103. The van der Waals surface area contributed by atoms with E-state index < -0.39 is 45.9 Å². The highest BCUT2D eigenvalue weighted by atomic mass is 19.2. The molecule has 0 saturated carbocycles. The summed E-state index contributed by atoms with van der Waals surface area (Å²) in [5, 5.41) is 14.2. The van der Waals surface area contributed by atoms with Crippen molar-refractivity contribution in [3.8, 4) is 11.5 Å². The molecule has 3 aliphatic heterocycles. The first-order valence-corrected chi connectivity index (χ1v) is 13.3. The monoisotopic (exact) mass is 564 g/mol. The molecule has 212 valence electrons. The first kappa shape index (κ1) is 27.1. The number of benzene rings is 3. The molecule has 41 heavy (non-hydrogen) atoms. The standard InChI is InChI=1S/C32H28F4N2O3/c1-13-11-31(3,4)37-19-9-21-17(7-15(13)19)23(24-25(30(39)40)27(34)29(36)28(35)26(24)33)18-8-16-14(2)12-32(5,6)38-20(16)10-22(18)41-21/h7-11,14,37H,12H2,1-6H3,(H,39,40). The highest BCUT2D eigenvalue weighted by Crippen LogP contribution is 2.45. The van der Waals surface area contributed by atoms with Gasteiger partial charge in [-0.05, 0) is 70.2 Å². The third-order valence-electron chi connectivity index (χ3n) is 7.96. The molecule has 9 heteroatoms. The van der Waals surface area contributed by atoms with Gasteiger partial charge in [-0.1, -0.05) is 13.0 Å². The number of allylic oxidation sites excluding steroid dienone is 1. The van der Waals surface area contributed by atoms with Crippen LogP contribution in [0.3, 0.4) is 0 Å². The van der Waals surface area contributed by atoms with Gasteiger partial charge >= 0.3 is 5.97 Å². The van der Waals surface area contributed by atoms with Gasteiger partial charge in [0.2, 0.25) is 0 Å². The van der Waals surface area contributed by atoms with Gasteiger partial charge in [-0.2, -0.15) is 0 Å². The molecule has 1 atom stereocenters. The van der Waals surface area contributed by atoms with Crippen LogP contribution in [-0.4, -0.2) is 22.2 Å². The summed E-state index contributed by atoms with van der Waals surface area (Å²) in [6.07, 6.45) is 2.71. The van der Waals surface area contributed by atoms with Gasteiger partial charge in [0.05, 0.1) is 16.4 Å². The van der Waals surface area contributed by atoms with Crippen LogP contribution in [0.25, 0.3) is 11.1 Å². The molecule has 0 radical (unpaired) electrons. The molecule has 0 bridgehead atoms. The van der Waals surface area contributed by atoms with Crippen molar-refractivity contribution in [2.45, 2.75) is 65.0 Å². The van der Waals surface area contributed by atoms with Crippen molar-refractivity contribution >= 4 is 22.8 Å². The fourth-order valence-corrected chi connectivity index (χ4v) is 6.48. The van der Waals surface area contributed by atoms with E-state index in [1.54, 1.807) is 24.3 Å². The van der Waals surface area contributed by atoms with Gasteiger partial charge in [0.15, 0.2) is 23.3 Å². The van der Waals surface area contributed by atoms with E-state index in [0.29, 0.717) is 17.5 Å². The van der Waals surface area contributed by atoms with Crippen LogP contribution in [0.2, 0.25) is 0 Å². The van der Waals surface area contributed by atoms with E-state index in [-0.39, 0.29) is 39.3 Å². The Morgan fingerprint density at radius 3 is 2.34 bits per heavy atom. The van der Waals surface area contributed by atoms with Crippen molar-refractivity contribution in [3.63, 3.8) is 0 Å². The SMILES string of the molecule is CC1=CC(C)(C)Nc2cc3c(cc21)C(c1c(F)c(F)c(F)c(F)c1C(=O)O)=c1cc2c(cc1O3)=NC(C)(C)CC2C. The topological polar surface area (TPSA) is 70.9 Å². The molecule has 0 amide bonds. The second kappa shape index (κ2) is 8.68. The summed E-state index contributed by atoms with van der Waals surface area (Å²) in [7, 11) is 0. The molecule has 3 aromatic carbocycles. The number of carboxylic acids is 1. The number of aromatic carboxylic acids is 1. The number of halogens is 4. The fourth-order valence-electron chi connectivity index (χ4n) is 6.48. The Bertz CT molecular complexity index is 1880. The molecular weight excluding hydrogens is 536 g/mol. The van der Waals surface area contributed by atoms with E-state index in [4.69, 9.17) is 9.73 Å². The summed E-state index contributed by atoms with van der Waals surface area (Å²) in [4.78, 5) is 17.1. The Hall–Kier alpha value is -4.14. The fraction of sp³-hybridized carbons (Fsp3) is 0.312. The lowest BCUT2D eigenvalue weighted by molar-refractivity contribution is 0.0689. The molecule has 1 unspecified atom stereocenters. The number of carboxylic acid groups (broad SMARTS) is 1. The summed E-state index contributed by atoms with van der Waals surface area (Å²) >= 11 is 0. The molecule has 0 aromatic heterocycles. The van der Waals surface area contributed by atoms with Crippen molar-refractivity contribution in [2.75, 3.05) is 5.32 Å². The maximum atomic E-state index is 15.7. The first-order chi connectivity index (χ1) is 19.1. The highest BCUT2D eigenvalue weighted by Gasteiger charge is 2.36. The average molecular weight is 565 g/mol. The van der Waals surface area contributed by atoms with Gasteiger partial charge in [0.25, 0.3) is 0 Å². The van der Waals surface area contributed by atoms with Crippen molar-refractivity contribution in [3.05, 3.63) is 92.0 Å². The Morgan fingerprint density at radius 1 is 0.976 bits per heavy atom. The molecule has 0 fully saturated rings. The molecule has 3 aliphatic rings. The van der Waals surface area contributed by atoms with Gasteiger partial charge in [0.1, 0.15) is 17.1 Å². The molecule has 3 heterocycles. The van der Waals surface area contributed by atoms with Gasteiger partial charge in [-0.25, -0.2) is 22.4 Å². The lowest BCUT2D eigenvalue weighted by Crippen LogP contribution is -2.34. The summed E-state index contributed by atoms with van der Waals surface area (Å²) in [5.74, 6) is -9.55. The summed E-state index contributed by atoms with van der Waals surface area (Å²) in [6.45, 7) is 11.9. The van der Waals surface area contributed by atoms with E-state index >= 15 is 8.78 Å². The summed E-state index contributed by atoms with van der Waals surface area (Å²) < 4.78 is 66.2. The Labute approximate surface area is 233 Å². The number of hydrogen-bond acceptors (Lipinski definition) is 4. The number of carbonyl (C=O) groups is 1. The minimum Gasteiger partial charge on any atom is -0.478 e. The normalized spacial score (nSPS) is 19.4. The van der Waals surface area contributed by atoms with Crippen molar-refractivity contribution in [2.24, 2.45) is 4.99 Å². The van der Waals surface area contributed by atoms with Gasteiger partial charge in [0, 0.05) is 45.3 Å². The molecule has 0 aliphatic carbocycles. The van der Waals surface area contributed by atoms with Crippen LogP contribution in [0.5, 0.6) is 11.5 Å². The third kappa shape index (κ3) is 4.12. The number of ether oxygens (including phenoxy) is 1. The van der Waals surface area contributed by atoms with Gasteiger partial charge in [-0.3, -0.25) is 4.99 Å². The van der Waals surface area contributed by atoms with Gasteiger partial charge in [-0.15, -0.1) is 0 Å². The van der Waals surface area contributed by atoms with Crippen LogP contribution in [0.1, 0.15) is 86.5 Å². The Balaban J connectivity index is 1.81. The molecular formula is C32H28F4N2O3. The second-order valence-corrected chi connectivity index (χ2v) is 12.3. The zero-order valence-electron chi connectivity index (χ0n) is 23.4. The van der Waals surface area contributed by atoms with Crippen LogP contribution in [0, 0.1) is 23.3 Å². The van der Waals surface area contributed by atoms with E-state index in [1.807, 2.05) is 47.6 Å². The largest absolute Gasteiger partial charge is 0.478 e. The van der Waals surface area contributed by atoms with Crippen LogP contribution in [0.4, 0.5) is 23.2 Å². The van der Waals surface area contributed by atoms with Crippen molar-refractivity contribution < 1.29 is 32.2 Å². The van der Waals surface area contributed by atoms with Crippen molar-refractivity contribution in [1.82, 2.24) is 0 Å². The number of nitrogens with zero attached hydrogens (tertiary/aromatic N) is 1. The molecule has 6 rings (SSSR count). The quantitative estimate of drug-likeness (QED) is 0.160. The van der Waals surface area contributed by atoms with Crippen molar-refractivity contribution in [1.29, 1.82) is 0 Å². The van der Waals surface area contributed by atoms with E-state index in [2.05, 4.69) is 5.32 Å². The van der Waals surface area contributed by atoms with Crippen LogP contribution in [-0.2, 0) is 0 Å². The Morgan fingerprint density at radius 2 is 1.66 bits per heavy atom. The lowest BCUT2D eigenvalue weighted by atomic mass is 9.81. The number of anilines is 1. The van der Waals surface area contributed by atoms with Gasteiger partial charge < -0.3 is 15.2 Å². The average Bonchev–Trinajstić information content (AvgIpc) is 2.85. The predicted molar refractivity (Wildman–Crippen MR) is 147 cm³/mol. The van der Waals surface area contributed by atoms with E-state index in [9.17, 15) is 18.7 Å². The van der Waals surface area contributed by atoms with E-state index in [1.165, 1.54) is 0 Å². The van der Waals surface area contributed by atoms with Crippen LogP contribution >= 0.6 is 0 Å². The number of hydrogen-bond donors (Lipinski definition) is 2. The maximum Gasteiger partial charge on any atom is 0.339 e. The smallest absolute Gasteiger partial charge is 0.339 e. The molecule has 5 nitrogen and oxygen atoms in total. The zero-order chi connectivity index (χ0) is 29.8. The predicted octanol–water partition coefficient (Wildman–Crippen LogP) is 6.81. The molecule has 2 N–H and O–H groups in total.